The molecule has 0 unspecified atom stereocenters. The maximum Gasteiger partial charge on any atom is 0.0991 e. The zero-order valence-corrected chi connectivity index (χ0v) is 11.9. The van der Waals surface area contributed by atoms with Crippen molar-refractivity contribution >= 4 is 10.9 Å². The van der Waals surface area contributed by atoms with Gasteiger partial charge in [-0.15, -0.1) is 0 Å². The van der Waals surface area contributed by atoms with Crippen molar-refractivity contribution in [2.45, 2.75) is 26.2 Å². The first-order valence-corrected chi connectivity index (χ1v) is 7.16. The van der Waals surface area contributed by atoms with E-state index in [2.05, 4.69) is 28.2 Å². The fourth-order valence-electron chi connectivity index (χ4n) is 2.48. The third-order valence-corrected chi connectivity index (χ3v) is 3.61. The van der Waals surface area contributed by atoms with Crippen molar-refractivity contribution in [3.8, 4) is 17.3 Å². The molecule has 0 amide bonds. The van der Waals surface area contributed by atoms with Crippen molar-refractivity contribution in [2.24, 2.45) is 0 Å². The first-order chi connectivity index (χ1) is 10.3. The summed E-state index contributed by atoms with van der Waals surface area (Å²) in [6.45, 7) is 2.18. The lowest BCUT2D eigenvalue weighted by molar-refractivity contribution is 0.775. The number of benzene rings is 1. The number of nitrogens with zero attached hydrogens (tertiary/aromatic N) is 3. The fourth-order valence-corrected chi connectivity index (χ4v) is 2.48. The van der Waals surface area contributed by atoms with Crippen LogP contribution in [0.25, 0.3) is 22.2 Å². The Bertz CT molecular complexity index is 794. The summed E-state index contributed by atoms with van der Waals surface area (Å²) in [5.74, 6) is 0. The molecule has 21 heavy (non-hydrogen) atoms. The van der Waals surface area contributed by atoms with Crippen molar-refractivity contribution in [3.63, 3.8) is 0 Å². The molecule has 0 bridgehead atoms. The van der Waals surface area contributed by atoms with Crippen LogP contribution in [0, 0.1) is 11.3 Å². The highest BCUT2D eigenvalue weighted by Gasteiger charge is 2.12. The van der Waals surface area contributed by atoms with Gasteiger partial charge in [-0.3, -0.25) is 10.1 Å². The van der Waals surface area contributed by atoms with Crippen LogP contribution < -0.4 is 0 Å². The van der Waals surface area contributed by atoms with Gasteiger partial charge < -0.3 is 0 Å². The summed E-state index contributed by atoms with van der Waals surface area (Å²) in [6, 6.07) is 11.6. The third-order valence-electron chi connectivity index (χ3n) is 3.61. The summed E-state index contributed by atoms with van der Waals surface area (Å²) < 4.78 is 0. The number of aryl methyl sites for hydroxylation is 1. The van der Waals surface area contributed by atoms with E-state index in [1.54, 1.807) is 6.20 Å². The molecule has 0 saturated heterocycles. The van der Waals surface area contributed by atoms with Crippen LogP contribution in [0.4, 0.5) is 0 Å². The summed E-state index contributed by atoms with van der Waals surface area (Å²) in [5.41, 5.74) is 4.68. The molecule has 0 saturated carbocycles. The molecule has 1 N–H and O–H groups in total. The predicted molar refractivity (Wildman–Crippen MR) is 82.7 cm³/mol. The van der Waals surface area contributed by atoms with Gasteiger partial charge in [-0.25, -0.2) is 0 Å². The van der Waals surface area contributed by atoms with Gasteiger partial charge >= 0.3 is 0 Å². The number of fused-ring (bicyclic) bond motifs is 1. The maximum atomic E-state index is 8.90. The van der Waals surface area contributed by atoms with Crippen LogP contribution in [0.5, 0.6) is 0 Å². The second kappa shape index (κ2) is 5.76. The number of aromatic nitrogens is 3. The number of unbranched alkanes of at least 4 members (excludes halogenated alkanes) is 1. The van der Waals surface area contributed by atoms with Gasteiger partial charge in [-0.1, -0.05) is 25.5 Å². The van der Waals surface area contributed by atoms with Crippen molar-refractivity contribution in [1.29, 1.82) is 5.26 Å². The Morgan fingerprint density at radius 1 is 1.19 bits per heavy atom. The Morgan fingerprint density at radius 2 is 2.00 bits per heavy atom. The Kier molecular flexibility index (Phi) is 3.65. The highest BCUT2D eigenvalue weighted by molar-refractivity contribution is 5.94. The van der Waals surface area contributed by atoms with Gasteiger partial charge in [0.2, 0.25) is 0 Å². The molecule has 104 valence electrons. The van der Waals surface area contributed by atoms with E-state index in [1.807, 2.05) is 30.3 Å². The molecule has 0 fully saturated rings. The second-order valence-corrected chi connectivity index (χ2v) is 5.05. The van der Waals surface area contributed by atoms with Gasteiger partial charge in [-0.05, 0) is 31.0 Å². The first kappa shape index (κ1) is 13.3. The Balaban J connectivity index is 2.12. The Morgan fingerprint density at radius 3 is 2.71 bits per heavy atom. The molecule has 4 heteroatoms. The molecule has 3 aromatic rings. The summed E-state index contributed by atoms with van der Waals surface area (Å²) in [7, 11) is 0. The smallest absolute Gasteiger partial charge is 0.0991 e. The first-order valence-electron chi connectivity index (χ1n) is 7.16. The number of nitriles is 1. The van der Waals surface area contributed by atoms with Gasteiger partial charge in [0.05, 0.1) is 22.8 Å². The molecule has 3 rings (SSSR count). The van der Waals surface area contributed by atoms with Crippen molar-refractivity contribution in [2.75, 3.05) is 0 Å². The van der Waals surface area contributed by atoms with E-state index < -0.39 is 0 Å². The molecule has 2 heterocycles. The molecular formula is C17H16N4. The van der Waals surface area contributed by atoms with Crippen LogP contribution in [-0.2, 0) is 6.42 Å². The number of hydrogen-bond acceptors (Lipinski definition) is 3. The zero-order valence-electron chi connectivity index (χ0n) is 11.9. The van der Waals surface area contributed by atoms with Gasteiger partial charge in [-0.2, -0.15) is 10.4 Å². The number of aromatic amines is 1. The minimum atomic E-state index is 0.657. The normalized spacial score (nSPS) is 10.7. The number of H-pyrrole nitrogens is 1. The van der Waals surface area contributed by atoms with Gasteiger partial charge in [0.25, 0.3) is 0 Å². The van der Waals surface area contributed by atoms with Gasteiger partial charge in [0, 0.05) is 22.8 Å². The van der Waals surface area contributed by atoms with Crippen LogP contribution in [0.15, 0.2) is 36.5 Å². The van der Waals surface area contributed by atoms with E-state index in [0.29, 0.717) is 5.56 Å². The lowest BCUT2D eigenvalue weighted by atomic mass is 10.0. The molecule has 0 atom stereocenters. The van der Waals surface area contributed by atoms with Crippen LogP contribution in [0.2, 0.25) is 0 Å². The summed E-state index contributed by atoms with van der Waals surface area (Å²) in [4.78, 5) is 4.53. The molecule has 0 aliphatic carbocycles. The Hall–Kier alpha value is -2.67. The fraction of sp³-hybridized carbons (Fsp3) is 0.235. The zero-order chi connectivity index (χ0) is 14.7. The minimum absolute atomic E-state index is 0.657. The molecule has 0 aliphatic rings. The summed E-state index contributed by atoms with van der Waals surface area (Å²) >= 11 is 0. The van der Waals surface area contributed by atoms with Crippen molar-refractivity contribution < 1.29 is 0 Å². The average molecular weight is 276 g/mol. The summed E-state index contributed by atoms with van der Waals surface area (Å²) in [5, 5.41) is 17.5. The highest BCUT2D eigenvalue weighted by Crippen LogP contribution is 2.28. The SMILES string of the molecule is CCCCc1[nH]nc2ccnc(-c3ccc(C#N)cc3)c12. The molecule has 0 radical (unpaired) electrons. The number of pyridine rings is 1. The predicted octanol–water partition coefficient (Wildman–Crippen LogP) is 3.84. The van der Waals surface area contributed by atoms with Crippen molar-refractivity contribution in [1.82, 2.24) is 15.2 Å². The van der Waals surface area contributed by atoms with E-state index >= 15 is 0 Å². The number of nitrogens with one attached hydrogen (secondary N) is 1. The van der Waals surface area contributed by atoms with Crippen LogP contribution in [0.1, 0.15) is 31.0 Å². The van der Waals surface area contributed by atoms with E-state index in [4.69, 9.17) is 5.26 Å². The summed E-state index contributed by atoms with van der Waals surface area (Å²) in [6.07, 6.45) is 5.02. The van der Waals surface area contributed by atoms with E-state index in [1.165, 1.54) is 0 Å². The molecule has 4 nitrogen and oxygen atoms in total. The highest BCUT2D eigenvalue weighted by atomic mass is 15.1. The van der Waals surface area contributed by atoms with E-state index in [9.17, 15) is 0 Å². The van der Waals surface area contributed by atoms with Crippen molar-refractivity contribution in [3.05, 3.63) is 47.8 Å². The molecule has 0 aliphatic heterocycles. The topological polar surface area (TPSA) is 65.4 Å². The largest absolute Gasteiger partial charge is 0.281 e. The Labute approximate surface area is 123 Å². The quantitative estimate of drug-likeness (QED) is 0.787. The maximum absolute atomic E-state index is 8.90. The van der Waals surface area contributed by atoms with Crippen LogP contribution in [-0.4, -0.2) is 15.2 Å². The lowest BCUT2D eigenvalue weighted by Gasteiger charge is -2.04. The van der Waals surface area contributed by atoms with Crippen LogP contribution >= 0.6 is 0 Å². The monoisotopic (exact) mass is 276 g/mol. The number of hydrogen-bond donors (Lipinski definition) is 1. The average Bonchev–Trinajstić information content (AvgIpc) is 2.96. The van der Waals surface area contributed by atoms with E-state index in [-0.39, 0.29) is 0 Å². The second-order valence-electron chi connectivity index (χ2n) is 5.05. The third kappa shape index (κ3) is 2.50. The van der Waals surface area contributed by atoms with Gasteiger partial charge in [0.15, 0.2) is 0 Å². The molecule has 2 aromatic heterocycles. The molecule has 0 spiro atoms. The molecular weight excluding hydrogens is 260 g/mol. The lowest BCUT2D eigenvalue weighted by Crippen LogP contribution is -1.90. The van der Waals surface area contributed by atoms with Crippen LogP contribution in [0.3, 0.4) is 0 Å². The van der Waals surface area contributed by atoms with Gasteiger partial charge in [0.1, 0.15) is 0 Å². The standard InChI is InChI=1S/C17H16N4/c1-2-3-4-14-16-15(21-20-14)9-10-19-17(16)13-7-5-12(11-18)6-8-13/h5-10H,2-4H2,1H3,(H,20,21). The number of rotatable bonds is 4. The van der Waals surface area contributed by atoms with E-state index in [0.717, 1.165) is 47.1 Å². The molecule has 1 aromatic carbocycles. The minimum Gasteiger partial charge on any atom is -0.281 e.